The number of carbonyl (C=O) groups excluding carboxylic acids is 1. The van der Waals surface area contributed by atoms with Crippen LogP contribution in [0, 0.1) is 5.92 Å². The van der Waals surface area contributed by atoms with Crippen molar-refractivity contribution in [2.45, 2.75) is 33.1 Å². The molecule has 0 bridgehead atoms. The highest BCUT2D eigenvalue weighted by atomic mass is 16.3. The van der Waals surface area contributed by atoms with E-state index in [1.54, 1.807) is 0 Å². The lowest BCUT2D eigenvalue weighted by atomic mass is 10.1. The summed E-state index contributed by atoms with van der Waals surface area (Å²) in [5.41, 5.74) is 0.397. The number of pyridine rings is 1. The van der Waals surface area contributed by atoms with Crippen LogP contribution >= 0.6 is 0 Å². The summed E-state index contributed by atoms with van der Waals surface area (Å²) in [5.74, 6) is 0.538. The van der Waals surface area contributed by atoms with Gasteiger partial charge < -0.3 is 10.4 Å². The second kappa shape index (κ2) is 6.89. The van der Waals surface area contributed by atoms with E-state index in [0.29, 0.717) is 18.0 Å². The maximum Gasteiger partial charge on any atom is 0.252 e. The van der Waals surface area contributed by atoms with Gasteiger partial charge in [-0.25, -0.2) is 0 Å². The average molecular weight is 236 g/mol. The third kappa shape index (κ3) is 5.33. The Hall–Kier alpha value is -1.58. The normalized spacial score (nSPS) is 10.5. The molecule has 0 fully saturated rings. The molecule has 0 radical (unpaired) electrons. The highest BCUT2D eigenvalue weighted by Crippen LogP contribution is 2.08. The van der Waals surface area contributed by atoms with Crippen molar-refractivity contribution in [1.29, 1.82) is 0 Å². The van der Waals surface area contributed by atoms with Gasteiger partial charge in [0.05, 0.1) is 11.8 Å². The van der Waals surface area contributed by atoms with Crippen LogP contribution in [0.15, 0.2) is 18.5 Å². The number of hydrogen-bond acceptors (Lipinski definition) is 3. The van der Waals surface area contributed by atoms with Crippen molar-refractivity contribution in [2.75, 3.05) is 6.54 Å². The summed E-state index contributed by atoms with van der Waals surface area (Å²) in [7, 11) is 0. The number of rotatable bonds is 6. The second-order valence-corrected chi connectivity index (χ2v) is 4.58. The van der Waals surface area contributed by atoms with E-state index in [9.17, 15) is 9.90 Å². The molecule has 1 rings (SSSR count). The molecule has 1 heterocycles. The minimum absolute atomic E-state index is 0.0115. The van der Waals surface area contributed by atoms with E-state index in [4.69, 9.17) is 0 Å². The molecule has 0 atom stereocenters. The highest BCUT2D eigenvalue weighted by Gasteiger charge is 2.05. The van der Waals surface area contributed by atoms with Gasteiger partial charge >= 0.3 is 0 Å². The van der Waals surface area contributed by atoms with Crippen molar-refractivity contribution < 1.29 is 9.90 Å². The first kappa shape index (κ1) is 13.5. The van der Waals surface area contributed by atoms with E-state index in [2.05, 4.69) is 24.1 Å². The fourth-order valence-corrected chi connectivity index (χ4v) is 1.53. The monoisotopic (exact) mass is 236 g/mol. The van der Waals surface area contributed by atoms with Crippen molar-refractivity contribution in [3.05, 3.63) is 24.0 Å². The Bertz CT molecular complexity index is 364. The third-order valence-corrected chi connectivity index (χ3v) is 2.48. The van der Waals surface area contributed by atoms with Gasteiger partial charge in [0.15, 0.2) is 0 Å². The number of hydrogen-bond donors (Lipinski definition) is 2. The Balaban J connectivity index is 2.26. The lowest BCUT2D eigenvalue weighted by molar-refractivity contribution is 0.0952. The molecule has 0 spiro atoms. The van der Waals surface area contributed by atoms with Gasteiger partial charge in [-0.1, -0.05) is 26.7 Å². The molecule has 2 N–H and O–H groups in total. The van der Waals surface area contributed by atoms with Gasteiger partial charge in [0, 0.05) is 12.7 Å². The molecule has 4 nitrogen and oxygen atoms in total. The molecule has 0 saturated carbocycles. The van der Waals surface area contributed by atoms with Crippen molar-refractivity contribution in [3.63, 3.8) is 0 Å². The molecular weight excluding hydrogens is 216 g/mol. The number of unbranched alkanes of at least 4 members (excludes halogenated alkanes) is 1. The highest BCUT2D eigenvalue weighted by molar-refractivity contribution is 5.94. The first-order valence-electron chi connectivity index (χ1n) is 6.02. The van der Waals surface area contributed by atoms with Crippen LogP contribution in [0.25, 0.3) is 0 Å². The Labute approximate surface area is 102 Å². The minimum Gasteiger partial charge on any atom is -0.506 e. The third-order valence-electron chi connectivity index (χ3n) is 2.48. The summed E-state index contributed by atoms with van der Waals surface area (Å²) in [4.78, 5) is 15.4. The zero-order valence-electron chi connectivity index (χ0n) is 10.4. The maximum atomic E-state index is 11.6. The average Bonchev–Trinajstić information content (AvgIpc) is 2.28. The van der Waals surface area contributed by atoms with Crippen LogP contribution in [0.1, 0.15) is 43.5 Å². The van der Waals surface area contributed by atoms with Gasteiger partial charge in [-0.05, 0) is 18.4 Å². The summed E-state index contributed by atoms with van der Waals surface area (Å²) >= 11 is 0. The van der Waals surface area contributed by atoms with E-state index < -0.39 is 0 Å². The van der Waals surface area contributed by atoms with Crippen molar-refractivity contribution in [2.24, 2.45) is 5.92 Å². The SMILES string of the molecule is CC(C)CCCCNC(=O)c1cncc(O)c1. The first-order valence-corrected chi connectivity index (χ1v) is 6.02. The molecule has 17 heavy (non-hydrogen) atoms. The molecule has 0 aliphatic heterocycles. The summed E-state index contributed by atoms with van der Waals surface area (Å²) < 4.78 is 0. The van der Waals surface area contributed by atoms with Gasteiger partial charge in [-0.3, -0.25) is 9.78 Å². The first-order chi connectivity index (χ1) is 8.09. The number of nitrogens with one attached hydrogen (secondary N) is 1. The van der Waals surface area contributed by atoms with Crippen molar-refractivity contribution in [1.82, 2.24) is 10.3 Å². The molecule has 0 aliphatic rings. The van der Waals surface area contributed by atoms with E-state index in [-0.39, 0.29) is 11.7 Å². The largest absolute Gasteiger partial charge is 0.506 e. The van der Waals surface area contributed by atoms with E-state index in [0.717, 1.165) is 12.8 Å². The Kier molecular flexibility index (Phi) is 5.46. The summed E-state index contributed by atoms with van der Waals surface area (Å²) in [6.07, 6.45) is 6.04. The van der Waals surface area contributed by atoms with Crippen LogP contribution in [0.3, 0.4) is 0 Å². The van der Waals surface area contributed by atoms with E-state index in [1.807, 2.05) is 0 Å². The summed E-state index contributed by atoms with van der Waals surface area (Å²) in [5, 5.41) is 12.0. The minimum atomic E-state index is -0.182. The second-order valence-electron chi connectivity index (χ2n) is 4.58. The van der Waals surface area contributed by atoms with Crippen LogP contribution in [-0.2, 0) is 0 Å². The number of carbonyl (C=O) groups is 1. The predicted octanol–water partition coefficient (Wildman–Crippen LogP) is 2.34. The number of nitrogens with zero attached hydrogens (tertiary/aromatic N) is 1. The molecule has 0 aromatic carbocycles. The standard InChI is InChI=1S/C13H20N2O2/c1-10(2)5-3-4-6-15-13(17)11-7-12(16)9-14-8-11/h7-10,16H,3-6H2,1-2H3,(H,15,17). The zero-order valence-corrected chi connectivity index (χ0v) is 10.4. The number of amides is 1. The summed E-state index contributed by atoms with van der Waals surface area (Å²) in [6, 6.07) is 1.41. The van der Waals surface area contributed by atoms with Crippen LogP contribution in [-0.4, -0.2) is 22.5 Å². The lowest BCUT2D eigenvalue weighted by Crippen LogP contribution is -2.24. The van der Waals surface area contributed by atoms with Crippen LogP contribution < -0.4 is 5.32 Å². The Morgan fingerprint density at radius 1 is 1.41 bits per heavy atom. The fraction of sp³-hybridized carbons (Fsp3) is 0.538. The molecule has 4 heteroatoms. The Morgan fingerprint density at radius 3 is 2.82 bits per heavy atom. The molecule has 1 amide bonds. The van der Waals surface area contributed by atoms with Crippen LogP contribution in [0.4, 0.5) is 0 Å². The number of aromatic hydroxyl groups is 1. The van der Waals surface area contributed by atoms with Gasteiger partial charge in [0.1, 0.15) is 5.75 Å². The summed E-state index contributed by atoms with van der Waals surface area (Å²) in [6.45, 7) is 5.05. The zero-order chi connectivity index (χ0) is 12.7. The molecule has 1 aromatic rings. The number of aromatic nitrogens is 1. The predicted molar refractivity (Wildman–Crippen MR) is 66.9 cm³/mol. The molecule has 0 saturated heterocycles. The van der Waals surface area contributed by atoms with Gasteiger partial charge in [0.25, 0.3) is 5.91 Å². The molecular formula is C13H20N2O2. The molecule has 0 aliphatic carbocycles. The van der Waals surface area contributed by atoms with Crippen molar-refractivity contribution >= 4 is 5.91 Å². The lowest BCUT2D eigenvalue weighted by Gasteiger charge is -2.06. The maximum absolute atomic E-state index is 11.6. The molecule has 0 unspecified atom stereocenters. The van der Waals surface area contributed by atoms with E-state index >= 15 is 0 Å². The molecule has 1 aromatic heterocycles. The van der Waals surface area contributed by atoms with Crippen LogP contribution in [0.5, 0.6) is 5.75 Å². The fourth-order valence-electron chi connectivity index (χ4n) is 1.53. The smallest absolute Gasteiger partial charge is 0.252 e. The molecule has 94 valence electrons. The van der Waals surface area contributed by atoms with Gasteiger partial charge in [0.2, 0.25) is 0 Å². The quantitative estimate of drug-likeness (QED) is 0.745. The van der Waals surface area contributed by atoms with Gasteiger partial charge in [-0.15, -0.1) is 0 Å². The van der Waals surface area contributed by atoms with E-state index in [1.165, 1.54) is 24.9 Å². The topological polar surface area (TPSA) is 62.2 Å². The van der Waals surface area contributed by atoms with Gasteiger partial charge in [-0.2, -0.15) is 0 Å². The van der Waals surface area contributed by atoms with Crippen molar-refractivity contribution in [3.8, 4) is 5.75 Å². The van der Waals surface area contributed by atoms with Crippen LogP contribution in [0.2, 0.25) is 0 Å². The Morgan fingerprint density at radius 2 is 2.18 bits per heavy atom.